The lowest BCUT2D eigenvalue weighted by Gasteiger charge is -2.09. The quantitative estimate of drug-likeness (QED) is 0.431. The molecule has 3 nitrogen and oxygen atoms in total. The normalized spacial score (nSPS) is 10.4. The van der Waals surface area contributed by atoms with Crippen LogP contribution in [0.1, 0.15) is 12.5 Å². The fourth-order valence-electron chi connectivity index (χ4n) is 1.32. The van der Waals surface area contributed by atoms with Gasteiger partial charge in [-0.25, -0.2) is 4.79 Å². The Morgan fingerprint density at radius 2 is 1.83 bits per heavy atom. The maximum absolute atomic E-state index is 10.8. The van der Waals surface area contributed by atoms with Crippen molar-refractivity contribution in [2.75, 3.05) is 27.2 Å². The molecule has 0 saturated carbocycles. The molecule has 1 rings (SSSR count). The van der Waals surface area contributed by atoms with Gasteiger partial charge in [-0.15, -0.1) is 0 Å². The lowest BCUT2D eigenvalue weighted by Crippen LogP contribution is -2.20. The van der Waals surface area contributed by atoms with E-state index in [2.05, 4.69) is 31.4 Å². The van der Waals surface area contributed by atoms with E-state index in [0.29, 0.717) is 12.2 Å². The van der Waals surface area contributed by atoms with Gasteiger partial charge in [0.15, 0.2) is 0 Å². The Morgan fingerprint density at radius 3 is 2.35 bits per heavy atom. The SMILES string of the molecule is C=C(C)C(=O)OCCN(C)C.C=CC=CC=Cc1ccccc1. The van der Waals surface area contributed by atoms with Crippen LogP contribution in [0.4, 0.5) is 0 Å². The lowest BCUT2D eigenvalue weighted by atomic mass is 10.2. The summed E-state index contributed by atoms with van der Waals surface area (Å²) in [6, 6.07) is 10.2. The predicted octanol–water partition coefficient (Wildman–Crippen LogP) is 4.11. The van der Waals surface area contributed by atoms with Gasteiger partial charge in [-0.2, -0.15) is 0 Å². The van der Waals surface area contributed by atoms with Crippen LogP contribution in [-0.2, 0) is 9.53 Å². The molecule has 3 heteroatoms. The topological polar surface area (TPSA) is 29.5 Å². The molecule has 0 spiro atoms. The molecule has 23 heavy (non-hydrogen) atoms. The van der Waals surface area contributed by atoms with Crippen LogP contribution in [0.5, 0.6) is 0 Å². The van der Waals surface area contributed by atoms with E-state index in [9.17, 15) is 4.79 Å². The lowest BCUT2D eigenvalue weighted by molar-refractivity contribution is -0.139. The van der Waals surface area contributed by atoms with E-state index in [0.717, 1.165) is 6.54 Å². The highest BCUT2D eigenvalue weighted by Crippen LogP contribution is 2.00. The summed E-state index contributed by atoms with van der Waals surface area (Å²) >= 11 is 0. The summed E-state index contributed by atoms with van der Waals surface area (Å²) in [4.78, 5) is 12.7. The van der Waals surface area contributed by atoms with Gasteiger partial charge in [0.2, 0.25) is 0 Å². The molecular weight excluding hydrogens is 286 g/mol. The van der Waals surface area contributed by atoms with Crippen LogP contribution in [0.25, 0.3) is 6.08 Å². The number of allylic oxidation sites excluding steroid dienone is 4. The van der Waals surface area contributed by atoms with E-state index in [4.69, 9.17) is 4.74 Å². The third-order valence-corrected chi connectivity index (χ3v) is 2.57. The Balaban J connectivity index is 0.000000423. The Bertz CT molecular complexity index is 528. The number of carbonyl (C=O) groups is 1. The number of hydrogen-bond donors (Lipinski definition) is 0. The number of ether oxygens (including phenoxy) is 1. The molecule has 0 aliphatic heterocycles. The maximum atomic E-state index is 10.8. The van der Waals surface area contributed by atoms with E-state index < -0.39 is 0 Å². The van der Waals surface area contributed by atoms with Crippen molar-refractivity contribution in [3.8, 4) is 0 Å². The van der Waals surface area contributed by atoms with Gasteiger partial charge in [0.05, 0.1) is 0 Å². The highest BCUT2D eigenvalue weighted by atomic mass is 16.5. The summed E-state index contributed by atoms with van der Waals surface area (Å²) in [6.45, 7) is 9.86. The zero-order valence-corrected chi connectivity index (χ0v) is 14.4. The monoisotopic (exact) mass is 313 g/mol. The van der Waals surface area contributed by atoms with E-state index in [1.54, 1.807) is 13.0 Å². The molecule has 0 radical (unpaired) electrons. The van der Waals surface area contributed by atoms with E-state index >= 15 is 0 Å². The van der Waals surface area contributed by atoms with E-state index in [1.807, 2.05) is 55.4 Å². The first-order valence-corrected chi connectivity index (χ1v) is 7.45. The van der Waals surface area contributed by atoms with Crippen LogP contribution < -0.4 is 0 Å². The molecule has 0 saturated heterocycles. The van der Waals surface area contributed by atoms with Gasteiger partial charge in [-0.05, 0) is 26.6 Å². The van der Waals surface area contributed by atoms with Crippen LogP contribution in [0.3, 0.4) is 0 Å². The molecule has 0 fully saturated rings. The fraction of sp³-hybridized carbons (Fsp3) is 0.250. The Kier molecular flexibility index (Phi) is 11.9. The van der Waals surface area contributed by atoms with Crippen molar-refractivity contribution in [2.45, 2.75) is 6.92 Å². The zero-order valence-electron chi connectivity index (χ0n) is 14.4. The van der Waals surface area contributed by atoms with Crippen molar-refractivity contribution in [1.29, 1.82) is 0 Å². The molecule has 1 aromatic rings. The third kappa shape index (κ3) is 13.0. The van der Waals surface area contributed by atoms with Crippen LogP contribution in [-0.4, -0.2) is 38.1 Å². The molecular formula is C20H27NO2. The second-order valence-electron chi connectivity index (χ2n) is 5.11. The second kappa shape index (κ2) is 13.3. The highest BCUT2D eigenvalue weighted by Gasteiger charge is 2.01. The van der Waals surface area contributed by atoms with Crippen molar-refractivity contribution in [3.05, 3.63) is 78.9 Å². The van der Waals surface area contributed by atoms with Gasteiger partial charge in [0.1, 0.15) is 6.61 Å². The minimum atomic E-state index is -0.313. The molecule has 0 bridgehead atoms. The van der Waals surface area contributed by atoms with Gasteiger partial charge >= 0.3 is 5.97 Å². The number of esters is 1. The number of benzene rings is 1. The molecule has 0 atom stereocenters. The minimum Gasteiger partial charge on any atom is -0.461 e. The van der Waals surface area contributed by atoms with Crippen LogP contribution in [0, 0.1) is 0 Å². The van der Waals surface area contributed by atoms with Crippen molar-refractivity contribution in [3.63, 3.8) is 0 Å². The highest BCUT2D eigenvalue weighted by molar-refractivity contribution is 5.86. The standard InChI is InChI=1S/C12H12.C8H15NO2/c1-2-3-4-6-9-12-10-7-5-8-11-12;1-7(2)8(10)11-6-5-9(3)4/h2-11H,1H2;1,5-6H2,2-4H3. The molecule has 0 heterocycles. The number of hydrogen-bond acceptors (Lipinski definition) is 3. The van der Waals surface area contributed by atoms with Crippen molar-refractivity contribution in [1.82, 2.24) is 4.90 Å². The van der Waals surface area contributed by atoms with Crippen molar-refractivity contribution < 1.29 is 9.53 Å². The molecule has 0 N–H and O–H groups in total. The summed E-state index contributed by atoms with van der Waals surface area (Å²) in [5, 5.41) is 0. The maximum Gasteiger partial charge on any atom is 0.333 e. The summed E-state index contributed by atoms with van der Waals surface area (Å²) < 4.78 is 4.83. The van der Waals surface area contributed by atoms with Crippen LogP contribution in [0.15, 0.2) is 73.4 Å². The number of rotatable bonds is 7. The number of carbonyl (C=O) groups excluding carboxylic acids is 1. The average Bonchev–Trinajstić information content (AvgIpc) is 2.53. The van der Waals surface area contributed by atoms with Crippen molar-refractivity contribution >= 4 is 12.0 Å². The van der Waals surface area contributed by atoms with Crippen LogP contribution in [0.2, 0.25) is 0 Å². The molecule has 124 valence electrons. The molecule has 0 amide bonds. The predicted molar refractivity (Wildman–Crippen MR) is 99.1 cm³/mol. The number of nitrogens with zero attached hydrogens (tertiary/aromatic N) is 1. The Labute approximate surface area is 140 Å². The Morgan fingerprint density at radius 1 is 1.17 bits per heavy atom. The van der Waals surface area contributed by atoms with E-state index in [1.165, 1.54) is 5.56 Å². The van der Waals surface area contributed by atoms with Gasteiger partial charge in [-0.3, -0.25) is 0 Å². The first-order valence-electron chi connectivity index (χ1n) is 7.45. The molecule has 0 aliphatic rings. The zero-order chi connectivity index (χ0) is 17.5. The van der Waals surface area contributed by atoms with Gasteiger partial charge in [0, 0.05) is 12.1 Å². The first kappa shape index (κ1) is 20.6. The Hall–Kier alpha value is -2.39. The number of likely N-dealkylation sites (N-methyl/N-ethyl adjacent to an activating group) is 1. The van der Waals surface area contributed by atoms with Crippen molar-refractivity contribution in [2.24, 2.45) is 0 Å². The smallest absolute Gasteiger partial charge is 0.333 e. The molecule has 0 unspecified atom stereocenters. The van der Waals surface area contributed by atoms with Gasteiger partial charge in [0.25, 0.3) is 0 Å². The first-order chi connectivity index (χ1) is 11.0. The van der Waals surface area contributed by atoms with Crippen LogP contribution >= 0.6 is 0 Å². The fourth-order valence-corrected chi connectivity index (χ4v) is 1.32. The molecule has 0 aromatic heterocycles. The largest absolute Gasteiger partial charge is 0.461 e. The minimum absolute atomic E-state index is 0.313. The van der Waals surface area contributed by atoms with E-state index in [-0.39, 0.29) is 5.97 Å². The summed E-state index contributed by atoms with van der Waals surface area (Å²) in [7, 11) is 3.85. The summed E-state index contributed by atoms with van der Waals surface area (Å²) in [6.07, 6.45) is 9.67. The summed E-state index contributed by atoms with van der Waals surface area (Å²) in [5.41, 5.74) is 1.66. The molecule has 0 aliphatic carbocycles. The molecule has 1 aromatic carbocycles. The summed E-state index contributed by atoms with van der Waals surface area (Å²) in [5.74, 6) is -0.313. The van der Waals surface area contributed by atoms with Gasteiger partial charge in [-0.1, -0.05) is 73.9 Å². The van der Waals surface area contributed by atoms with Gasteiger partial charge < -0.3 is 9.64 Å². The third-order valence-electron chi connectivity index (χ3n) is 2.57. The second-order valence-corrected chi connectivity index (χ2v) is 5.11. The average molecular weight is 313 g/mol.